The minimum absolute atomic E-state index is 0.250. The molecular weight excluding hydrogens is 413 g/mol. The Morgan fingerprint density at radius 1 is 1.10 bits per heavy atom. The Morgan fingerprint density at radius 2 is 1.93 bits per heavy atom. The van der Waals surface area contributed by atoms with Gasteiger partial charge in [0.05, 0.1) is 45.1 Å². The van der Waals surface area contributed by atoms with Crippen molar-refractivity contribution in [3.8, 4) is 11.5 Å². The first kappa shape index (κ1) is 17.8. The second-order valence-corrected chi connectivity index (χ2v) is 7.25. The number of nitrogens with one attached hydrogen (secondary N) is 3. The molecule has 0 aliphatic carbocycles. The topological polar surface area (TPSA) is 99.6 Å². The zero-order valence-corrected chi connectivity index (χ0v) is 16.3. The van der Waals surface area contributed by atoms with Gasteiger partial charge in [-0.1, -0.05) is 35.3 Å². The highest BCUT2D eigenvalue weighted by atomic mass is 35.5. The first-order valence-electron chi connectivity index (χ1n) is 8.71. The number of pyridine rings is 1. The molecule has 0 spiro atoms. The lowest BCUT2D eigenvalue weighted by molar-refractivity contribution is 0.570. The molecule has 0 fully saturated rings. The van der Waals surface area contributed by atoms with Crippen LogP contribution in [0, 0.1) is 0 Å². The van der Waals surface area contributed by atoms with Crippen LogP contribution in [0.15, 0.2) is 58.2 Å². The van der Waals surface area contributed by atoms with Crippen LogP contribution in [0.4, 0.5) is 5.69 Å². The largest absolute Gasteiger partial charge is 0.442 e. The zero-order valence-electron chi connectivity index (χ0n) is 14.8. The van der Waals surface area contributed by atoms with E-state index >= 15 is 0 Å². The van der Waals surface area contributed by atoms with Gasteiger partial charge in [-0.05, 0) is 29.7 Å². The second-order valence-electron chi connectivity index (χ2n) is 6.44. The number of halogens is 2. The third-order valence-electron chi connectivity index (χ3n) is 4.60. The van der Waals surface area contributed by atoms with Crippen molar-refractivity contribution in [2.45, 2.75) is 6.54 Å². The summed E-state index contributed by atoms with van der Waals surface area (Å²) >= 11 is 12.4. The number of benzene rings is 2. The van der Waals surface area contributed by atoms with Gasteiger partial charge in [0, 0.05) is 0 Å². The minimum Gasteiger partial charge on any atom is -0.442 e. The van der Waals surface area contributed by atoms with Crippen molar-refractivity contribution in [1.82, 2.24) is 19.9 Å². The molecule has 0 atom stereocenters. The number of rotatable bonds is 4. The Morgan fingerprint density at radius 3 is 2.69 bits per heavy atom. The van der Waals surface area contributed by atoms with Crippen LogP contribution in [0.2, 0.25) is 10.0 Å². The average molecular weight is 426 g/mol. The molecule has 2 aromatic carbocycles. The quantitative estimate of drug-likeness (QED) is 0.377. The van der Waals surface area contributed by atoms with Gasteiger partial charge in [-0.15, -0.1) is 0 Å². The summed E-state index contributed by atoms with van der Waals surface area (Å²) in [6.07, 6.45) is 2.87. The predicted octanol–water partition coefficient (Wildman–Crippen LogP) is 4.98. The molecular formula is C20H13Cl2N5O2. The molecule has 144 valence electrons. The van der Waals surface area contributed by atoms with E-state index in [4.69, 9.17) is 27.6 Å². The summed E-state index contributed by atoms with van der Waals surface area (Å²) < 4.78 is 5.28. The van der Waals surface area contributed by atoms with Crippen LogP contribution in [-0.4, -0.2) is 19.9 Å². The van der Waals surface area contributed by atoms with Gasteiger partial charge in [0.15, 0.2) is 12.2 Å². The van der Waals surface area contributed by atoms with Gasteiger partial charge in [0.1, 0.15) is 11.3 Å². The highest BCUT2D eigenvalue weighted by Gasteiger charge is 2.13. The number of H-pyrrole nitrogens is 2. The van der Waals surface area contributed by atoms with E-state index in [0.717, 1.165) is 10.9 Å². The Balaban J connectivity index is 1.55. The molecule has 3 aromatic heterocycles. The number of imidazole rings is 1. The number of nitrogens with zero attached hydrogens (tertiary/aromatic N) is 2. The first-order chi connectivity index (χ1) is 14.1. The first-order valence-corrected chi connectivity index (χ1v) is 9.47. The van der Waals surface area contributed by atoms with Gasteiger partial charge in [-0.25, -0.2) is 9.97 Å². The maximum Gasteiger partial charge on any atom is 0.258 e. The monoisotopic (exact) mass is 425 g/mol. The third kappa shape index (κ3) is 3.14. The van der Waals surface area contributed by atoms with E-state index in [-0.39, 0.29) is 5.56 Å². The Bertz CT molecular complexity index is 1390. The molecule has 0 amide bonds. The maximum absolute atomic E-state index is 12.8. The minimum atomic E-state index is -0.250. The van der Waals surface area contributed by atoms with E-state index in [0.29, 0.717) is 50.5 Å². The van der Waals surface area contributed by atoms with Crippen LogP contribution in [0.5, 0.6) is 0 Å². The Hall–Kier alpha value is -3.29. The number of aromatic nitrogens is 4. The van der Waals surface area contributed by atoms with Gasteiger partial charge in [0.2, 0.25) is 0 Å². The van der Waals surface area contributed by atoms with E-state index in [2.05, 4.69) is 25.3 Å². The number of aromatic amines is 2. The lowest BCUT2D eigenvalue weighted by atomic mass is 10.1. The second kappa shape index (κ2) is 6.95. The highest BCUT2D eigenvalue weighted by molar-refractivity contribution is 6.39. The fraction of sp³-hybridized carbons (Fsp3) is 0.0500. The van der Waals surface area contributed by atoms with E-state index in [1.54, 1.807) is 24.4 Å². The van der Waals surface area contributed by atoms with Crippen molar-refractivity contribution in [2.24, 2.45) is 0 Å². The molecule has 7 nitrogen and oxygen atoms in total. The molecule has 0 bridgehead atoms. The van der Waals surface area contributed by atoms with Gasteiger partial charge in [-0.3, -0.25) is 4.79 Å². The van der Waals surface area contributed by atoms with Crippen molar-refractivity contribution < 1.29 is 4.42 Å². The number of hydrogen-bond donors (Lipinski definition) is 3. The number of anilines is 1. The number of para-hydroxylation sites is 1. The van der Waals surface area contributed by atoms with Crippen LogP contribution in [0.1, 0.15) is 5.82 Å². The van der Waals surface area contributed by atoms with Crippen molar-refractivity contribution in [2.75, 3.05) is 5.32 Å². The van der Waals surface area contributed by atoms with Crippen LogP contribution >= 0.6 is 23.2 Å². The Labute approximate surface area is 173 Å². The lowest BCUT2D eigenvalue weighted by Crippen LogP contribution is -2.07. The normalized spacial score (nSPS) is 11.4. The number of oxazole rings is 1. The van der Waals surface area contributed by atoms with Crippen molar-refractivity contribution in [1.29, 1.82) is 0 Å². The summed E-state index contributed by atoms with van der Waals surface area (Å²) in [6.45, 7) is 0.369. The smallest absolute Gasteiger partial charge is 0.258 e. The third-order valence-corrected chi connectivity index (χ3v) is 5.23. The van der Waals surface area contributed by atoms with Crippen LogP contribution in [-0.2, 0) is 6.54 Å². The van der Waals surface area contributed by atoms with E-state index < -0.39 is 0 Å². The van der Waals surface area contributed by atoms with Crippen molar-refractivity contribution >= 4 is 50.7 Å². The van der Waals surface area contributed by atoms with E-state index in [1.165, 1.54) is 6.39 Å². The van der Waals surface area contributed by atoms with Crippen LogP contribution in [0.25, 0.3) is 33.3 Å². The van der Waals surface area contributed by atoms with Gasteiger partial charge in [0.25, 0.3) is 5.56 Å². The van der Waals surface area contributed by atoms with Gasteiger partial charge < -0.3 is 19.7 Å². The van der Waals surface area contributed by atoms with Crippen LogP contribution in [0.3, 0.4) is 0 Å². The van der Waals surface area contributed by atoms with Crippen molar-refractivity contribution in [3.05, 3.63) is 75.2 Å². The molecule has 3 N–H and O–H groups in total. The molecule has 29 heavy (non-hydrogen) atoms. The van der Waals surface area contributed by atoms with Crippen LogP contribution < -0.4 is 10.9 Å². The fourth-order valence-corrected chi connectivity index (χ4v) is 3.81. The summed E-state index contributed by atoms with van der Waals surface area (Å²) in [5, 5.41) is 5.49. The zero-order chi connectivity index (χ0) is 20.0. The number of fused-ring (bicyclic) bond motifs is 3. The molecule has 0 radical (unpaired) electrons. The molecule has 9 heteroatoms. The summed E-state index contributed by atoms with van der Waals surface area (Å²) in [7, 11) is 0. The standard InChI is InChI=1S/C20H13Cl2N5O2/c21-11-2-1-3-12(22)18(11)24-8-16-25-13-5-4-10-6-14(15-7-23-9-29-15)26-20(28)17(10)19(13)27-16/h1-7,9,24H,8H2,(H,25,27)(H,26,28). The summed E-state index contributed by atoms with van der Waals surface area (Å²) in [5.74, 6) is 1.15. The summed E-state index contributed by atoms with van der Waals surface area (Å²) in [4.78, 5) is 27.3. The van der Waals surface area contributed by atoms with Gasteiger partial charge in [-0.2, -0.15) is 0 Å². The average Bonchev–Trinajstić information content (AvgIpc) is 3.37. The van der Waals surface area contributed by atoms with Crippen molar-refractivity contribution in [3.63, 3.8) is 0 Å². The molecule has 5 rings (SSSR count). The lowest BCUT2D eigenvalue weighted by Gasteiger charge is -2.08. The molecule has 3 heterocycles. The Kier molecular flexibility index (Phi) is 4.26. The van der Waals surface area contributed by atoms with E-state index in [9.17, 15) is 4.79 Å². The molecule has 5 aromatic rings. The summed E-state index contributed by atoms with van der Waals surface area (Å²) in [5.41, 5.74) is 2.30. The molecule has 0 saturated heterocycles. The van der Waals surface area contributed by atoms with E-state index in [1.807, 2.05) is 18.2 Å². The van der Waals surface area contributed by atoms with Gasteiger partial charge >= 0.3 is 0 Å². The molecule has 0 aliphatic rings. The highest BCUT2D eigenvalue weighted by Crippen LogP contribution is 2.30. The summed E-state index contributed by atoms with van der Waals surface area (Å²) in [6, 6.07) is 10.9. The fourth-order valence-electron chi connectivity index (χ4n) is 3.28. The number of hydrogen-bond acceptors (Lipinski definition) is 5. The molecule has 0 aliphatic heterocycles. The maximum atomic E-state index is 12.8. The molecule has 0 unspecified atom stereocenters. The molecule has 0 saturated carbocycles. The SMILES string of the molecule is O=c1[nH]c(-c2cnco2)cc2ccc3[nH]c(CNc4c(Cl)cccc4Cl)nc3c12. The predicted molar refractivity (Wildman–Crippen MR) is 114 cm³/mol.